The van der Waals surface area contributed by atoms with Crippen molar-refractivity contribution in [2.75, 3.05) is 5.88 Å². The van der Waals surface area contributed by atoms with Crippen molar-refractivity contribution in [3.63, 3.8) is 0 Å². The fraction of sp³-hybridized carbons (Fsp3) is 0.800. The minimum Gasteiger partial charge on any atom is -0.481 e. The first-order valence-electron chi connectivity index (χ1n) is 2.52. The maximum absolute atomic E-state index is 11.9. The molecule has 0 aromatic carbocycles. The molecule has 0 aliphatic carbocycles. The van der Waals surface area contributed by atoms with Gasteiger partial charge in [0, 0.05) is 5.88 Å². The van der Waals surface area contributed by atoms with E-state index in [0.717, 1.165) is 6.92 Å². The SMILES string of the molecule is CC(CCl)(C(=O)O)C(F)F. The van der Waals surface area contributed by atoms with Crippen LogP contribution >= 0.6 is 11.6 Å². The predicted molar refractivity (Wildman–Crippen MR) is 32.5 cm³/mol. The molecule has 0 fully saturated rings. The monoisotopic (exact) mass is 172 g/mol. The lowest BCUT2D eigenvalue weighted by atomic mass is 9.94. The van der Waals surface area contributed by atoms with E-state index in [1.807, 2.05) is 0 Å². The van der Waals surface area contributed by atoms with Crippen molar-refractivity contribution in [3.05, 3.63) is 0 Å². The van der Waals surface area contributed by atoms with Gasteiger partial charge in [-0.05, 0) is 6.92 Å². The summed E-state index contributed by atoms with van der Waals surface area (Å²) in [5.74, 6) is -2.16. The van der Waals surface area contributed by atoms with Crippen molar-refractivity contribution in [2.45, 2.75) is 13.3 Å². The normalized spacial score (nSPS) is 16.9. The van der Waals surface area contributed by atoms with Crippen LogP contribution in [0.3, 0.4) is 0 Å². The van der Waals surface area contributed by atoms with Crippen LogP contribution in [0.15, 0.2) is 0 Å². The molecule has 0 rings (SSSR count). The summed E-state index contributed by atoms with van der Waals surface area (Å²) < 4.78 is 23.7. The second kappa shape index (κ2) is 3.14. The Bertz CT molecular complexity index is 140. The second-order valence-electron chi connectivity index (χ2n) is 2.16. The summed E-state index contributed by atoms with van der Waals surface area (Å²) in [7, 11) is 0. The molecule has 1 atom stereocenters. The Kier molecular flexibility index (Phi) is 3.02. The van der Waals surface area contributed by atoms with Crippen LogP contribution in [0, 0.1) is 5.41 Å². The predicted octanol–water partition coefficient (Wildman–Crippen LogP) is 1.58. The molecule has 0 saturated heterocycles. The Morgan fingerprint density at radius 3 is 2.20 bits per heavy atom. The van der Waals surface area contributed by atoms with Crippen LogP contribution in [0.4, 0.5) is 8.78 Å². The summed E-state index contributed by atoms with van der Waals surface area (Å²) in [6, 6.07) is 0. The van der Waals surface area contributed by atoms with Gasteiger partial charge in [-0.3, -0.25) is 4.79 Å². The summed E-state index contributed by atoms with van der Waals surface area (Å²) in [4.78, 5) is 10.1. The Morgan fingerprint density at radius 1 is 1.80 bits per heavy atom. The number of aliphatic carboxylic acids is 1. The highest BCUT2D eigenvalue weighted by atomic mass is 35.5. The highest BCUT2D eigenvalue weighted by Gasteiger charge is 2.42. The second-order valence-corrected chi connectivity index (χ2v) is 2.42. The first-order chi connectivity index (χ1) is 4.45. The molecule has 0 aliphatic heterocycles. The van der Waals surface area contributed by atoms with Gasteiger partial charge in [-0.15, -0.1) is 11.6 Å². The molecule has 0 aromatic rings. The zero-order valence-corrected chi connectivity index (χ0v) is 6.03. The van der Waals surface area contributed by atoms with Gasteiger partial charge < -0.3 is 5.11 Å². The summed E-state index contributed by atoms with van der Waals surface area (Å²) >= 11 is 5.04. The number of alkyl halides is 3. The van der Waals surface area contributed by atoms with Crippen molar-refractivity contribution in [2.24, 2.45) is 5.41 Å². The van der Waals surface area contributed by atoms with E-state index < -0.39 is 23.7 Å². The van der Waals surface area contributed by atoms with E-state index >= 15 is 0 Å². The lowest BCUT2D eigenvalue weighted by molar-refractivity contribution is -0.155. The van der Waals surface area contributed by atoms with E-state index in [9.17, 15) is 13.6 Å². The van der Waals surface area contributed by atoms with Gasteiger partial charge in [-0.1, -0.05) is 0 Å². The molecule has 0 bridgehead atoms. The maximum atomic E-state index is 11.9. The highest BCUT2D eigenvalue weighted by molar-refractivity contribution is 6.19. The minimum atomic E-state index is -2.93. The maximum Gasteiger partial charge on any atom is 0.316 e. The van der Waals surface area contributed by atoms with E-state index in [2.05, 4.69) is 0 Å². The third kappa shape index (κ3) is 1.56. The first-order valence-corrected chi connectivity index (χ1v) is 3.06. The third-order valence-electron chi connectivity index (χ3n) is 1.25. The molecular formula is C5H7ClF2O2. The lowest BCUT2D eigenvalue weighted by Crippen LogP contribution is -2.36. The molecule has 0 aromatic heterocycles. The molecule has 0 radical (unpaired) electrons. The molecular weight excluding hydrogens is 166 g/mol. The zero-order valence-electron chi connectivity index (χ0n) is 5.27. The van der Waals surface area contributed by atoms with E-state index in [0.29, 0.717) is 0 Å². The molecule has 1 N–H and O–H groups in total. The van der Waals surface area contributed by atoms with E-state index in [4.69, 9.17) is 16.7 Å². The van der Waals surface area contributed by atoms with E-state index in [1.54, 1.807) is 0 Å². The van der Waals surface area contributed by atoms with Crippen LogP contribution in [-0.2, 0) is 4.79 Å². The van der Waals surface area contributed by atoms with Gasteiger partial charge in [0.2, 0.25) is 0 Å². The zero-order chi connectivity index (χ0) is 8.36. The van der Waals surface area contributed by atoms with Crippen LogP contribution in [-0.4, -0.2) is 23.4 Å². The van der Waals surface area contributed by atoms with E-state index in [1.165, 1.54) is 0 Å². The quantitative estimate of drug-likeness (QED) is 0.657. The van der Waals surface area contributed by atoms with Gasteiger partial charge in [0.15, 0.2) is 0 Å². The molecule has 2 nitrogen and oxygen atoms in total. The van der Waals surface area contributed by atoms with Crippen LogP contribution < -0.4 is 0 Å². The molecule has 0 spiro atoms. The lowest BCUT2D eigenvalue weighted by Gasteiger charge is -2.19. The van der Waals surface area contributed by atoms with E-state index in [-0.39, 0.29) is 0 Å². The van der Waals surface area contributed by atoms with Crippen molar-refractivity contribution in [1.82, 2.24) is 0 Å². The number of carboxylic acid groups (broad SMARTS) is 1. The van der Waals surface area contributed by atoms with Crippen LogP contribution in [0.5, 0.6) is 0 Å². The number of hydrogen-bond acceptors (Lipinski definition) is 1. The average molecular weight is 173 g/mol. The minimum absolute atomic E-state index is 0.583. The summed E-state index contributed by atoms with van der Waals surface area (Å²) in [5.41, 5.74) is -2.11. The fourth-order valence-corrected chi connectivity index (χ4v) is 0.440. The summed E-state index contributed by atoms with van der Waals surface area (Å²) in [6.45, 7) is 0.910. The van der Waals surface area contributed by atoms with Crippen molar-refractivity contribution in [3.8, 4) is 0 Å². The average Bonchev–Trinajstić information content (AvgIpc) is 1.85. The Balaban J connectivity index is 4.38. The molecule has 1 unspecified atom stereocenters. The Morgan fingerprint density at radius 2 is 2.20 bits per heavy atom. The standard InChI is InChI=1S/C5H7ClF2O2/c1-5(2-6,3(7)8)4(9)10/h3H,2H2,1H3,(H,9,10). The number of carboxylic acids is 1. The van der Waals surface area contributed by atoms with Gasteiger partial charge >= 0.3 is 5.97 Å². The van der Waals surface area contributed by atoms with Gasteiger partial charge in [0.25, 0.3) is 6.43 Å². The molecule has 0 saturated carbocycles. The van der Waals surface area contributed by atoms with Crippen molar-refractivity contribution in [1.29, 1.82) is 0 Å². The molecule has 60 valence electrons. The third-order valence-corrected chi connectivity index (χ3v) is 1.80. The molecule has 0 amide bonds. The van der Waals surface area contributed by atoms with Gasteiger partial charge in [-0.25, -0.2) is 8.78 Å². The number of rotatable bonds is 3. The van der Waals surface area contributed by atoms with Crippen molar-refractivity contribution >= 4 is 17.6 Å². The number of halogens is 3. The molecule has 0 heterocycles. The summed E-state index contributed by atoms with van der Waals surface area (Å²) in [5, 5.41) is 8.24. The largest absolute Gasteiger partial charge is 0.481 e. The fourth-order valence-electron chi connectivity index (χ4n) is 0.209. The number of hydrogen-bond donors (Lipinski definition) is 1. The highest BCUT2D eigenvalue weighted by Crippen LogP contribution is 2.27. The Labute approximate surface area is 61.8 Å². The Hall–Kier alpha value is -0.380. The first kappa shape index (κ1) is 9.62. The number of carbonyl (C=O) groups is 1. The topological polar surface area (TPSA) is 37.3 Å². The smallest absolute Gasteiger partial charge is 0.316 e. The van der Waals surface area contributed by atoms with Crippen LogP contribution in [0.2, 0.25) is 0 Å². The van der Waals surface area contributed by atoms with Crippen LogP contribution in [0.25, 0.3) is 0 Å². The summed E-state index contributed by atoms with van der Waals surface area (Å²) in [6.07, 6.45) is -2.93. The van der Waals surface area contributed by atoms with Crippen molar-refractivity contribution < 1.29 is 18.7 Å². The molecule has 5 heteroatoms. The molecule has 10 heavy (non-hydrogen) atoms. The van der Waals surface area contributed by atoms with Gasteiger partial charge in [0.1, 0.15) is 5.41 Å². The molecule has 0 aliphatic rings. The van der Waals surface area contributed by atoms with Crippen LogP contribution in [0.1, 0.15) is 6.92 Å². The van der Waals surface area contributed by atoms with Gasteiger partial charge in [0.05, 0.1) is 0 Å². The van der Waals surface area contributed by atoms with Gasteiger partial charge in [-0.2, -0.15) is 0 Å².